The number of ether oxygens (including phenoxy) is 1. The number of para-hydroxylation sites is 1. The molecule has 1 heterocycles. The number of hydrogen-bond acceptors (Lipinski definition) is 3. The second kappa shape index (κ2) is 6.16. The number of aliphatic hydroxyl groups is 1. The highest BCUT2D eigenvalue weighted by molar-refractivity contribution is 6.30. The SMILES string of the molecule is COc1cccc2c1C(=O)N(c1ccccc1)C2(O)c1ccc(Cl)cc1. The van der Waals surface area contributed by atoms with Crippen molar-refractivity contribution in [1.82, 2.24) is 0 Å². The van der Waals surface area contributed by atoms with E-state index in [9.17, 15) is 9.90 Å². The molecule has 0 spiro atoms. The smallest absolute Gasteiger partial charge is 0.265 e. The van der Waals surface area contributed by atoms with Gasteiger partial charge in [-0.15, -0.1) is 0 Å². The summed E-state index contributed by atoms with van der Waals surface area (Å²) >= 11 is 6.01. The fraction of sp³-hybridized carbons (Fsp3) is 0.0952. The third-order valence-corrected chi connectivity index (χ3v) is 4.88. The van der Waals surface area contributed by atoms with Crippen LogP contribution in [0.25, 0.3) is 0 Å². The van der Waals surface area contributed by atoms with Gasteiger partial charge in [-0.3, -0.25) is 9.69 Å². The predicted molar refractivity (Wildman–Crippen MR) is 101 cm³/mol. The molecule has 0 radical (unpaired) electrons. The number of benzene rings is 3. The predicted octanol–water partition coefficient (Wildman–Crippen LogP) is 4.20. The highest BCUT2D eigenvalue weighted by Gasteiger charge is 2.52. The molecule has 26 heavy (non-hydrogen) atoms. The molecular weight excluding hydrogens is 350 g/mol. The Bertz CT molecular complexity index is 972. The molecule has 0 fully saturated rings. The Hall–Kier alpha value is -2.82. The van der Waals surface area contributed by atoms with Crippen LogP contribution in [0.3, 0.4) is 0 Å². The fourth-order valence-corrected chi connectivity index (χ4v) is 3.57. The number of nitrogens with zero attached hydrogens (tertiary/aromatic N) is 1. The van der Waals surface area contributed by atoms with Crippen LogP contribution >= 0.6 is 11.6 Å². The van der Waals surface area contributed by atoms with Crippen molar-refractivity contribution in [2.45, 2.75) is 5.72 Å². The molecular formula is C21H16ClNO3. The maximum atomic E-state index is 13.3. The standard InChI is InChI=1S/C21H16ClNO3/c1-26-18-9-5-8-17-19(18)20(24)23(16-6-3-2-4-7-16)21(17,25)14-10-12-15(22)13-11-14/h2-13,25H,1H3. The third-order valence-electron chi connectivity index (χ3n) is 4.62. The van der Waals surface area contributed by atoms with Gasteiger partial charge in [0.25, 0.3) is 5.91 Å². The third kappa shape index (κ3) is 2.30. The van der Waals surface area contributed by atoms with Crippen molar-refractivity contribution >= 4 is 23.2 Å². The van der Waals surface area contributed by atoms with Crippen LogP contribution in [0.15, 0.2) is 72.8 Å². The summed E-state index contributed by atoms with van der Waals surface area (Å²) in [6, 6.07) is 21.1. The largest absolute Gasteiger partial charge is 0.496 e. The molecule has 0 aliphatic carbocycles. The van der Waals surface area contributed by atoms with Crippen molar-refractivity contribution in [3.8, 4) is 5.75 Å². The van der Waals surface area contributed by atoms with E-state index in [1.165, 1.54) is 12.0 Å². The van der Waals surface area contributed by atoms with Crippen molar-refractivity contribution in [2.75, 3.05) is 12.0 Å². The molecule has 1 atom stereocenters. The van der Waals surface area contributed by atoms with Crippen molar-refractivity contribution in [3.05, 3.63) is 94.5 Å². The second-order valence-electron chi connectivity index (χ2n) is 6.04. The molecule has 0 saturated heterocycles. The number of carbonyl (C=O) groups excluding carboxylic acids is 1. The molecule has 4 nitrogen and oxygen atoms in total. The van der Waals surface area contributed by atoms with Crippen LogP contribution < -0.4 is 9.64 Å². The number of hydrogen-bond donors (Lipinski definition) is 1. The molecule has 0 bridgehead atoms. The van der Waals surface area contributed by atoms with Gasteiger partial charge < -0.3 is 9.84 Å². The van der Waals surface area contributed by atoms with Crippen molar-refractivity contribution in [2.24, 2.45) is 0 Å². The number of carbonyl (C=O) groups is 1. The molecule has 3 aromatic rings. The second-order valence-corrected chi connectivity index (χ2v) is 6.47. The van der Waals surface area contributed by atoms with E-state index in [-0.39, 0.29) is 5.91 Å². The molecule has 1 N–H and O–H groups in total. The first kappa shape index (κ1) is 16.6. The molecule has 3 aromatic carbocycles. The van der Waals surface area contributed by atoms with Gasteiger partial charge in [0, 0.05) is 21.8 Å². The molecule has 1 aliphatic rings. The van der Waals surface area contributed by atoms with Crippen LogP contribution in [-0.2, 0) is 5.72 Å². The van der Waals surface area contributed by atoms with Crippen LogP contribution in [0.5, 0.6) is 5.75 Å². The molecule has 0 saturated carbocycles. The van der Waals surface area contributed by atoms with Crippen LogP contribution in [0.2, 0.25) is 5.02 Å². The van der Waals surface area contributed by atoms with E-state index in [1.807, 2.05) is 18.2 Å². The Balaban J connectivity index is 2.02. The summed E-state index contributed by atoms with van der Waals surface area (Å²) in [6.07, 6.45) is 0. The normalized spacial score (nSPS) is 18.7. The molecule has 0 aromatic heterocycles. The summed E-state index contributed by atoms with van der Waals surface area (Å²) in [5, 5.41) is 12.4. The summed E-state index contributed by atoms with van der Waals surface area (Å²) in [6.45, 7) is 0. The zero-order chi connectivity index (χ0) is 18.3. The molecule has 130 valence electrons. The number of fused-ring (bicyclic) bond motifs is 1. The van der Waals surface area contributed by atoms with Crippen molar-refractivity contribution in [3.63, 3.8) is 0 Å². The van der Waals surface area contributed by atoms with E-state index in [0.717, 1.165) is 0 Å². The van der Waals surface area contributed by atoms with Crippen LogP contribution in [0.1, 0.15) is 21.5 Å². The van der Waals surface area contributed by atoms with Gasteiger partial charge in [0.2, 0.25) is 0 Å². The molecule has 4 rings (SSSR count). The first-order valence-electron chi connectivity index (χ1n) is 8.13. The molecule has 1 amide bonds. The first-order chi connectivity index (χ1) is 12.6. The van der Waals surface area contributed by atoms with Gasteiger partial charge in [-0.1, -0.05) is 54.1 Å². The van der Waals surface area contributed by atoms with Crippen molar-refractivity contribution in [1.29, 1.82) is 0 Å². The Kier molecular flexibility index (Phi) is 3.94. The summed E-state index contributed by atoms with van der Waals surface area (Å²) in [7, 11) is 1.51. The van der Waals surface area contributed by atoms with E-state index >= 15 is 0 Å². The topological polar surface area (TPSA) is 49.8 Å². The van der Waals surface area contributed by atoms with Crippen molar-refractivity contribution < 1.29 is 14.6 Å². The van der Waals surface area contributed by atoms with Gasteiger partial charge in [-0.05, 0) is 30.3 Å². The molecule has 5 heteroatoms. The lowest BCUT2D eigenvalue weighted by Crippen LogP contribution is -2.45. The minimum absolute atomic E-state index is 0.318. The minimum atomic E-state index is -1.66. The Morgan fingerprint density at radius 3 is 2.31 bits per heavy atom. The average Bonchev–Trinajstić information content (AvgIpc) is 2.91. The summed E-state index contributed by atoms with van der Waals surface area (Å²) < 4.78 is 5.38. The lowest BCUT2D eigenvalue weighted by molar-refractivity contribution is 0.0703. The van der Waals surface area contributed by atoms with Crippen LogP contribution in [-0.4, -0.2) is 18.1 Å². The highest BCUT2D eigenvalue weighted by atomic mass is 35.5. The zero-order valence-corrected chi connectivity index (χ0v) is 14.8. The van der Waals surface area contributed by atoms with Gasteiger partial charge >= 0.3 is 0 Å². The Labute approximate surface area is 156 Å². The number of anilines is 1. The first-order valence-corrected chi connectivity index (χ1v) is 8.50. The number of methoxy groups -OCH3 is 1. The summed E-state index contributed by atoms with van der Waals surface area (Å²) in [5.74, 6) is 0.111. The summed E-state index contributed by atoms with van der Waals surface area (Å²) in [4.78, 5) is 14.7. The fourth-order valence-electron chi connectivity index (χ4n) is 3.44. The molecule has 1 aliphatic heterocycles. The highest BCUT2D eigenvalue weighted by Crippen LogP contribution is 2.47. The van der Waals surface area contributed by atoms with Gasteiger partial charge in [-0.2, -0.15) is 0 Å². The number of rotatable bonds is 3. The Morgan fingerprint density at radius 1 is 0.962 bits per heavy atom. The van der Waals surface area contributed by atoms with E-state index in [0.29, 0.717) is 33.1 Å². The number of halogens is 1. The van der Waals surface area contributed by atoms with E-state index in [1.54, 1.807) is 54.6 Å². The van der Waals surface area contributed by atoms with Gasteiger partial charge in [0.15, 0.2) is 5.72 Å². The number of amides is 1. The van der Waals surface area contributed by atoms with E-state index in [4.69, 9.17) is 16.3 Å². The van der Waals surface area contributed by atoms with Crippen LogP contribution in [0.4, 0.5) is 5.69 Å². The lowest BCUT2D eigenvalue weighted by Gasteiger charge is -2.34. The maximum Gasteiger partial charge on any atom is 0.265 e. The monoisotopic (exact) mass is 365 g/mol. The lowest BCUT2D eigenvalue weighted by atomic mass is 9.93. The van der Waals surface area contributed by atoms with Crippen LogP contribution in [0, 0.1) is 0 Å². The van der Waals surface area contributed by atoms with Gasteiger partial charge in [0.1, 0.15) is 5.75 Å². The van der Waals surface area contributed by atoms with E-state index < -0.39 is 5.72 Å². The average molecular weight is 366 g/mol. The zero-order valence-electron chi connectivity index (χ0n) is 14.0. The molecule has 1 unspecified atom stereocenters. The quantitative estimate of drug-likeness (QED) is 0.756. The summed E-state index contributed by atoms with van der Waals surface area (Å²) in [5.41, 5.74) is 0.316. The van der Waals surface area contributed by atoms with Gasteiger partial charge in [-0.25, -0.2) is 0 Å². The Morgan fingerprint density at radius 2 is 1.65 bits per heavy atom. The van der Waals surface area contributed by atoms with E-state index in [2.05, 4.69) is 0 Å². The minimum Gasteiger partial charge on any atom is -0.496 e. The maximum absolute atomic E-state index is 13.3. The van der Waals surface area contributed by atoms with Gasteiger partial charge in [0.05, 0.1) is 12.7 Å².